The molecular weight excluding hydrogens is 272 g/mol. The fraction of sp³-hybridized carbons (Fsp3) is 0.600. The van der Waals surface area contributed by atoms with Gasteiger partial charge < -0.3 is 20.2 Å². The summed E-state index contributed by atoms with van der Waals surface area (Å²) in [4.78, 5) is 23.4. The maximum atomic E-state index is 11.7. The highest BCUT2D eigenvalue weighted by Crippen LogP contribution is 2.24. The summed E-state index contributed by atoms with van der Waals surface area (Å²) in [5, 5.41) is 14.9. The molecule has 1 heterocycles. The van der Waals surface area contributed by atoms with E-state index >= 15 is 0 Å². The Morgan fingerprint density at radius 2 is 2.00 bits per heavy atom. The topological polar surface area (TPSA) is 91.6 Å². The first kappa shape index (κ1) is 17.2. The van der Waals surface area contributed by atoms with Crippen LogP contribution in [-0.2, 0) is 4.79 Å². The van der Waals surface area contributed by atoms with Crippen LogP contribution in [-0.4, -0.2) is 36.6 Å². The highest BCUT2D eigenvalue weighted by atomic mass is 16.3. The lowest BCUT2D eigenvalue weighted by atomic mass is 9.83. The molecule has 3 N–H and O–H groups in total. The van der Waals surface area contributed by atoms with Crippen molar-refractivity contribution < 1.29 is 19.1 Å². The average Bonchev–Trinajstić information content (AvgIpc) is 3.03. The molecule has 0 aliphatic heterocycles. The van der Waals surface area contributed by atoms with Gasteiger partial charge in [-0.25, -0.2) is 0 Å². The predicted octanol–water partition coefficient (Wildman–Crippen LogP) is 1.31. The van der Waals surface area contributed by atoms with Crippen LogP contribution in [0.5, 0.6) is 0 Å². The van der Waals surface area contributed by atoms with E-state index in [4.69, 9.17) is 4.42 Å². The van der Waals surface area contributed by atoms with Crippen LogP contribution in [0.25, 0.3) is 0 Å². The SMILES string of the molecule is CCC(CC)(CO)CNC(=O)CCNC(=O)c1ccoc1. The summed E-state index contributed by atoms with van der Waals surface area (Å²) in [6.45, 7) is 4.76. The van der Waals surface area contributed by atoms with Crippen molar-refractivity contribution in [2.45, 2.75) is 33.1 Å². The van der Waals surface area contributed by atoms with Crippen molar-refractivity contribution >= 4 is 11.8 Å². The molecule has 0 aliphatic carbocycles. The molecule has 118 valence electrons. The molecule has 1 aromatic heterocycles. The largest absolute Gasteiger partial charge is 0.472 e. The lowest BCUT2D eigenvalue weighted by Crippen LogP contribution is -2.40. The Morgan fingerprint density at radius 1 is 1.29 bits per heavy atom. The van der Waals surface area contributed by atoms with Gasteiger partial charge in [0.2, 0.25) is 5.91 Å². The Bertz CT molecular complexity index is 430. The second-order valence-corrected chi connectivity index (χ2v) is 5.16. The normalized spacial score (nSPS) is 11.2. The molecule has 2 amide bonds. The quantitative estimate of drug-likeness (QED) is 0.641. The first-order chi connectivity index (χ1) is 10.1. The van der Waals surface area contributed by atoms with E-state index in [-0.39, 0.29) is 36.8 Å². The molecule has 0 fully saturated rings. The number of carbonyl (C=O) groups excluding carboxylic acids is 2. The summed E-state index contributed by atoms with van der Waals surface area (Å²) in [6, 6.07) is 1.56. The number of amides is 2. The van der Waals surface area contributed by atoms with Crippen molar-refractivity contribution in [2.75, 3.05) is 19.7 Å². The number of nitrogens with one attached hydrogen (secondary N) is 2. The van der Waals surface area contributed by atoms with Crippen LogP contribution in [0.15, 0.2) is 23.0 Å². The van der Waals surface area contributed by atoms with Crippen LogP contribution < -0.4 is 10.6 Å². The van der Waals surface area contributed by atoms with Crippen LogP contribution in [0, 0.1) is 5.41 Å². The molecular formula is C15H24N2O4. The minimum Gasteiger partial charge on any atom is -0.472 e. The average molecular weight is 296 g/mol. The minimum atomic E-state index is -0.261. The fourth-order valence-electron chi connectivity index (χ4n) is 1.94. The van der Waals surface area contributed by atoms with Gasteiger partial charge in [-0.3, -0.25) is 9.59 Å². The first-order valence-corrected chi connectivity index (χ1v) is 7.25. The summed E-state index contributed by atoms with van der Waals surface area (Å²) in [5.41, 5.74) is 0.182. The number of aliphatic hydroxyl groups excluding tert-OH is 1. The summed E-state index contributed by atoms with van der Waals surface area (Å²) in [7, 11) is 0. The third-order valence-corrected chi connectivity index (χ3v) is 3.92. The van der Waals surface area contributed by atoms with Crippen LogP contribution in [0.3, 0.4) is 0 Å². The molecule has 0 bridgehead atoms. The van der Waals surface area contributed by atoms with Gasteiger partial charge in [0.05, 0.1) is 18.4 Å². The van der Waals surface area contributed by atoms with Gasteiger partial charge in [-0.2, -0.15) is 0 Å². The van der Waals surface area contributed by atoms with E-state index in [0.717, 1.165) is 12.8 Å². The third-order valence-electron chi connectivity index (χ3n) is 3.92. The second-order valence-electron chi connectivity index (χ2n) is 5.16. The maximum absolute atomic E-state index is 11.7. The van der Waals surface area contributed by atoms with Crippen molar-refractivity contribution in [2.24, 2.45) is 5.41 Å². The van der Waals surface area contributed by atoms with Crippen LogP contribution in [0.4, 0.5) is 0 Å². The van der Waals surface area contributed by atoms with E-state index in [1.54, 1.807) is 6.07 Å². The zero-order chi connectivity index (χ0) is 15.7. The lowest BCUT2D eigenvalue weighted by molar-refractivity contribution is -0.121. The molecule has 0 aliphatic rings. The zero-order valence-corrected chi connectivity index (χ0v) is 12.6. The Kier molecular flexibility index (Phi) is 6.94. The van der Waals surface area contributed by atoms with Crippen molar-refractivity contribution in [3.8, 4) is 0 Å². The Hall–Kier alpha value is -1.82. The number of rotatable bonds is 9. The smallest absolute Gasteiger partial charge is 0.254 e. The predicted molar refractivity (Wildman–Crippen MR) is 78.8 cm³/mol. The second kappa shape index (κ2) is 8.46. The van der Waals surface area contributed by atoms with Gasteiger partial charge in [-0.05, 0) is 18.9 Å². The van der Waals surface area contributed by atoms with E-state index in [1.165, 1.54) is 12.5 Å². The Morgan fingerprint density at radius 3 is 2.52 bits per heavy atom. The lowest BCUT2D eigenvalue weighted by Gasteiger charge is -2.29. The number of carbonyl (C=O) groups is 2. The molecule has 1 aromatic rings. The molecule has 0 saturated heterocycles. The molecule has 6 nitrogen and oxygen atoms in total. The highest BCUT2D eigenvalue weighted by molar-refractivity contribution is 5.93. The minimum absolute atomic E-state index is 0.0531. The van der Waals surface area contributed by atoms with Gasteiger partial charge >= 0.3 is 0 Å². The molecule has 6 heteroatoms. The standard InChI is InChI=1S/C15H24N2O4/c1-3-15(4-2,11-18)10-17-13(19)5-7-16-14(20)12-6-8-21-9-12/h6,8-9,18H,3-5,7,10-11H2,1-2H3,(H,16,20)(H,17,19). The van der Waals surface area contributed by atoms with Crippen molar-refractivity contribution in [3.05, 3.63) is 24.2 Å². The summed E-state index contributed by atoms with van der Waals surface area (Å²) in [5.74, 6) is -0.398. The van der Waals surface area contributed by atoms with Crippen molar-refractivity contribution in [3.63, 3.8) is 0 Å². The summed E-state index contributed by atoms with van der Waals surface area (Å²) in [6.07, 6.45) is 4.59. The monoisotopic (exact) mass is 296 g/mol. The number of aliphatic hydroxyl groups is 1. The molecule has 0 radical (unpaired) electrons. The van der Waals surface area contributed by atoms with Gasteiger partial charge in [-0.1, -0.05) is 13.8 Å². The Labute approximate surface area is 124 Å². The Balaban J connectivity index is 2.27. The van der Waals surface area contributed by atoms with Crippen LogP contribution in [0.2, 0.25) is 0 Å². The van der Waals surface area contributed by atoms with Crippen LogP contribution in [0.1, 0.15) is 43.5 Å². The molecule has 0 unspecified atom stereocenters. The molecule has 0 saturated carbocycles. The van der Waals surface area contributed by atoms with E-state index in [9.17, 15) is 14.7 Å². The maximum Gasteiger partial charge on any atom is 0.254 e. The van der Waals surface area contributed by atoms with Crippen molar-refractivity contribution in [1.82, 2.24) is 10.6 Å². The van der Waals surface area contributed by atoms with Gasteiger partial charge in [-0.15, -0.1) is 0 Å². The molecule has 0 aromatic carbocycles. The molecule has 0 spiro atoms. The van der Waals surface area contributed by atoms with E-state index in [1.807, 2.05) is 13.8 Å². The molecule has 0 atom stereocenters. The van der Waals surface area contributed by atoms with Crippen LogP contribution >= 0.6 is 0 Å². The van der Waals surface area contributed by atoms with Gasteiger partial charge in [0.15, 0.2) is 0 Å². The third kappa shape index (κ3) is 5.23. The zero-order valence-electron chi connectivity index (χ0n) is 12.6. The van der Waals surface area contributed by atoms with E-state index in [0.29, 0.717) is 12.1 Å². The van der Waals surface area contributed by atoms with Crippen molar-refractivity contribution in [1.29, 1.82) is 0 Å². The number of hydrogen-bond acceptors (Lipinski definition) is 4. The van der Waals surface area contributed by atoms with E-state index < -0.39 is 0 Å². The summed E-state index contributed by atoms with van der Waals surface area (Å²) >= 11 is 0. The molecule has 21 heavy (non-hydrogen) atoms. The van der Waals surface area contributed by atoms with Gasteiger partial charge in [0, 0.05) is 24.9 Å². The fourth-order valence-corrected chi connectivity index (χ4v) is 1.94. The number of furan rings is 1. The number of hydrogen-bond donors (Lipinski definition) is 3. The van der Waals surface area contributed by atoms with Gasteiger partial charge in [0.1, 0.15) is 6.26 Å². The summed E-state index contributed by atoms with van der Waals surface area (Å²) < 4.78 is 4.81. The van der Waals surface area contributed by atoms with E-state index in [2.05, 4.69) is 10.6 Å². The van der Waals surface area contributed by atoms with Gasteiger partial charge in [0.25, 0.3) is 5.91 Å². The highest BCUT2D eigenvalue weighted by Gasteiger charge is 2.25. The first-order valence-electron chi connectivity index (χ1n) is 7.25. The molecule has 1 rings (SSSR count).